The van der Waals surface area contributed by atoms with E-state index >= 15 is 0 Å². The zero-order valence-corrected chi connectivity index (χ0v) is 19.4. The molecule has 0 aliphatic carbocycles. The molecule has 0 saturated heterocycles. The van der Waals surface area contributed by atoms with Crippen LogP contribution in [-0.4, -0.2) is 33.2 Å². The summed E-state index contributed by atoms with van der Waals surface area (Å²) < 4.78 is 120. The number of guanidine groups is 1. The molecule has 0 aliphatic heterocycles. The number of hydrazone groups is 1. The number of nitrogens with one attached hydrogen (secondary N) is 1. The third kappa shape index (κ3) is 7.08. The van der Waals surface area contributed by atoms with Crippen LogP contribution < -0.4 is 11.6 Å². The van der Waals surface area contributed by atoms with E-state index in [1.807, 2.05) is 0 Å². The van der Waals surface area contributed by atoms with Crippen LogP contribution in [0.15, 0.2) is 53.8 Å². The summed E-state index contributed by atoms with van der Waals surface area (Å²) in [7, 11) is 1.23. The second kappa shape index (κ2) is 10.4. The Morgan fingerprint density at radius 2 is 1.42 bits per heavy atom. The van der Waals surface area contributed by atoms with E-state index in [0.29, 0.717) is 17.8 Å². The second-order valence-corrected chi connectivity index (χ2v) is 8.14. The molecule has 3 aromatic rings. The van der Waals surface area contributed by atoms with E-state index in [0.717, 1.165) is 28.2 Å². The van der Waals surface area contributed by atoms with Gasteiger partial charge in [0.15, 0.2) is 0 Å². The molecule has 0 fully saturated rings. The highest BCUT2D eigenvalue weighted by molar-refractivity contribution is 5.78. The highest BCUT2D eigenvalue weighted by Gasteiger charge is 2.37. The molecule has 0 saturated carbocycles. The molecule has 38 heavy (non-hydrogen) atoms. The lowest BCUT2D eigenvalue weighted by atomic mass is 10.00. The van der Waals surface area contributed by atoms with Crippen molar-refractivity contribution in [2.75, 3.05) is 7.05 Å². The van der Waals surface area contributed by atoms with Gasteiger partial charge in [-0.2, -0.15) is 44.6 Å². The van der Waals surface area contributed by atoms with Crippen LogP contribution >= 0.6 is 0 Å². The first-order valence-electron chi connectivity index (χ1n) is 10.5. The predicted molar refractivity (Wildman–Crippen MR) is 118 cm³/mol. The summed E-state index contributed by atoms with van der Waals surface area (Å²) in [5.74, 6) is 4.97. The van der Waals surface area contributed by atoms with Gasteiger partial charge in [0.1, 0.15) is 0 Å². The van der Waals surface area contributed by atoms with Gasteiger partial charge < -0.3 is 10.6 Å². The van der Waals surface area contributed by atoms with Crippen LogP contribution in [0.1, 0.15) is 27.8 Å². The Morgan fingerprint density at radius 1 is 0.842 bits per heavy atom. The number of nitrogens with two attached hydrogens (primary N) is 2. The lowest BCUT2D eigenvalue weighted by Crippen LogP contribution is -2.39. The molecule has 0 radical (unpaired) electrons. The van der Waals surface area contributed by atoms with Gasteiger partial charge in [-0.15, -0.1) is 5.10 Å². The van der Waals surface area contributed by atoms with E-state index in [2.05, 4.69) is 15.3 Å². The van der Waals surface area contributed by atoms with Crippen molar-refractivity contribution in [2.24, 2.45) is 16.7 Å². The fraction of sp³-hybridized carbons (Fsp3) is 0.273. The first-order valence-corrected chi connectivity index (χ1v) is 10.5. The number of halogens is 9. The highest BCUT2D eigenvalue weighted by atomic mass is 19.4. The van der Waals surface area contributed by atoms with Crippen molar-refractivity contribution >= 4 is 5.96 Å². The molecule has 7 nitrogen and oxygen atoms in total. The average molecular weight is 553 g/mol. The fourth-order valence-electron chi connectivity index (χ4n) is 3.55. The lowest BCUT2D eigenvalue weighted by molar-refractivity contribution is -0.143. The minimum Gasteiger partial charge on any atom is -0.368 e. The van der Waals surface area contributed by atoms with Crippen LogP contribution in [0.3, 0.4) is 0 Å². The van der Waals surface area contributed by atoms with Crippen molar-refractivity contribution in [3.05, 3.63) is 76.5 Å². The number of benzene rings is 2. The molecule has 1 heterocycles. The number of H-pyrrole nitrogens is 1. The number of alkyl halides is 9. The maximum Gasteiger partial charge on any atom is 0.416 e. The molecule has 5 N–H and O–H groups in total. The van der Waals surface area contributed by atoms with Crippen LogP contribution in [0.25, 0.3) is 11.3 Å². The zero-order valence-electron chi connectivity index (χ0n) is 19.4. The Bertz CT molecular complexity index is 1250. The molecule has 16 heteroatoms. The van der Waals surface area contributed by atoms with Crippen molar-refractivity contribution < 1.29 is 39.5 Å². The molecule has 0 unspecified atom stereocenters. The Hall–Kier alpha value is -3.95. The van der Waals surface area contributed by atoms with Gasteiger partial charge in [-0.3, -0.25) is 5.10 Å². The summed E-state index contributed by atoms with van der Waals surface area (Å²) in [5.41, 5.74) is 1.79. The molecule has 0 atom stereocenters. The molecule has 0 aliphatic rings. The van der Waals surface area contributed by atoms with Crippen molar-refractivity contribution in [2.45, 2.75) is 31.6 Å². The Morgan fingerprint density at radius 3 is 1.89 bits per heavy atom. The summed E-state index contributed by atoms with van der Waals surface area (Å²) in [6.45, 7) is -1.19. The van der Waals surface area contributed by atoms with Crippen LogP contribution in [-0.2, 0) is 31.6 Å². The topological polar surface area (TPSA) is 99.6 Å². The van der Waals surface area contributed by atoms with Crippen LogP contribution in [0.4, 0.5) is 39.5 Å². The van der Waals surface area contributed by atoms with E-state index in [4.69, 9.17) is 11.6 Å². The smallest absolute Gasteiger partial charge is 0.368 e. The Labute approximate surface area is 209 Å². The number of aromatic amines is 1. The van der Waals surface area contributed by atoms with E-state index in [1.54, 1.807) is 0 Å². The summed E-state index contributed by atoms with van der Waals surface area (Å²) in [4.78, 5) is 0.994. The summed E-state index contributed by atoms with van der Waals surface area (Å²) in [6, 6.07) is 5.16. The molecular weight excluding hydrogens is 533 g/mol. The normalized spacial score (nSPS) is 13.1. The van der Waals surface area contributed by atoms with Gasteiger partial charge in [-0.25, -0.2) is 11.0 Å². The van der Waals surface area contributed by atoms with Gasteiger partial charge in [-0.05, 0) is 47.5 Å². The maximum atomic E-state index is 13.5. The lowest BCUT2D eigenvalue weighted by Gasteiger charge is -2.27. The van der Waals surface area contributed by atoms with E-state index in [1.165, 1.54) is 19.3 Å². The molecule has 1 aromatic heterocycles. The van der Waals surface area contributed by atoms with E-state index in [-0.39, 0.29) is 17.2 Å². The molecule has 0 spiro atoms. The van der Waals surface area contributed by atoms with Gasteiger partial charge >= 0.3 is 18.5 Å². The van der Waals surface area contributed by atoms with Crippen LogP contribution in [0.5, 0.6) is 0 Å². The monoisotopic (exact) mass is 553 g/mol. The van der Waals surface area contributed by atoms with Gasteiger partial charge in [0.25, 0.3) is 0 Å². The SMILES string of the molecule is CN(N)/N=C(\N)N(Cc1cc(C(F)(F)F)cc(C(F)(F)F)c1)Cc1cc(C(F)(F)F)ccc1-c1ccn[nH]1. The number of rotatable bonds is 6. The number of nitrogens with zero attached hydrogens (tertiary/aromatic N) is 4. The van der Waals surface area contributed by atoms with E-state index in [9.17, 15) is 39.5 Å². The molecule has 206 valence electrons. The van der Waals surface area contributed by atoms with E-state index < -0.39 is 59.8 Å². The number of hydrogen-bond acceptors (Lipinski definition) is 4. The number of aromatic nitrogens is 2. The van der Waals surface area contributed by atoms with Gasteiger partial charge in [0.2, 0.25) is 5.96 Å². The van der Waals surface area contributed by atoms with Crippen LogP contribution in [0, 0.1) is 0 Å². The van der Waals surface area contributed by atoms with Gasteiger partial charge in [0.05, 0.1) is 22.4 Å². The van der Waals surface area contributed by atoms with Crippen LogP contribution in [0.2, 0.25) is 0 Å². The van der Waals surface area contributed by atoms with Crippen molar-refractivity contribution in [1.82, 2.24) is 20.2 Å². The van der Waals surface area contributed by atoms with Crippen molar-refractivity contribution in [3.63, 3.8) is 0 Å². The first kappa shape index (κ1) is 28.6. The number of hydrazine groups is 1. The molecular formula is C22H20F9N7. The number of hydrogen-bond donors (Lipinski definition) is 3. The standard InChI is InChI=1S/C22H20F9N7/c1-37(33)36-19(32)38(10-12-6-15(21(26,27)28)9-16(7-12)22(29,30)31)11-13-8-14(20(23,24)25)2-3-17(13)18-4-5-34-35-18/h2-9H,10-11,33H2,1H3,(H2,32,36)(H,34,35). The first-order chi connectivity index (χ1) is 17.4. The molecule has 2 aromatic carbocycles. The predicted octanol–water partition coefficient (Wildman–Crippen LogP) is 5.17. The maximum absolute atomic E-state index is 13.5. The molecule has 0 bridgehead atoms. The summed E-state index contributed by atoms with van der Waals surface area (Å²) in [6.07, 6.45) is -13.6. The third-order valence-corrected chi connectivity index (χ3v) is 5.19. The minimum absolute atomic E-state index is 0.0232. The summed E-state index contributed by atoms with van der Waals surface area (Å²) in [5, 5.41) is 10.8. The fourth-order valence-corrected chi connectivity index (χ4v) is 3.55. The summed E-state index contributed by atoms with van der Waals surface area (Å²) >= 11 is 0. The third-order valence-electron chi connectivity index (χ3n) is 5.19. The van der Waals surface area contributed by atoms with Gasteiger partial charge in [-0.1, -0.05) is 6.07 Å². The Kier molecular flexibility index (Phi) is 7.86. The zero-order chi connectivity index (χ0) is 28.5. The van der Waals surface area contributed by atoms with Crippen molar-refractivity contribution in [3.8, 4) is 11.3 Å². The average Bonchev–Trinajstić information content (AvgIpc) is 3.31. The molecule has 0 amide bonds. The molecule has 3 rings (SSSR count). The minimum atomic E-state index is -5.10. The second-order valence-electron chi connectivity index (χ2n) is 8.14. The Balaban J connectivity index is 2.13. The van der Waals surface area contributed by atoms with Gasteiger partial charge in [0, 0.05) is 31.9 Å². The quantitative estimate of drug-likeness (QED) is 0.129. The van der Waals surface area contributed by atoms with Crippen molar-refractivity contribution in [1.29, 1.82) is 0 Å². The largest absolute Gasteiger partial charge is 0.416 e. The highest BCUT2D eigenvalue weighted by Crippen LogP contribution is 2.37.